The van der Waals surface area contributed by atoms with Gasteiger partial charge < -0.3 is 4.74 Å². The molecule has 0 heterocycles. The Kier molecular flexibility index (Phi) is 6.21. The van der Waals surface area contributed by atoms with Crippen LogP contribution in [0.4, 0.5) is 0 Å². The molecule has 0 aliphatic rings. The molecule has 7 heteroatoms. The van der Waals surface area contributed by atoms with Gasteiger partial charge in [0.25, 0.3) is 5.91 Å². The zero-order valence-electron chi connectivity index (χ0n) is 12.4. The first-order valence-corrected chi connectivity index (χ1v) is 8.51. The van der Waals surface area contributed by atoms with E-state index >= 15 is 0 Å². The summed E-state index contributed by atoms with van der Waals surface area (Å²) < 4.78 is 6.95. The Bertz CT molecular complexity index is 779. The third kappa shape index (κ3) is 4.56. The number of amides is 1. The Balaban J connectivity index is 2.17. The number of hydrogen-bond donors (Lipinski definition) is 1. The minimum atomic E-state index is -0.376. The molecule has 0 aromatic heterocycles. The Labute approximate surface area is 156 Å². The average molecular weight is 461 g/mol. The Hall–Kier alpha value is -1.37. The van der Waals surface area contributed by atoms with Crippen LogP contribution in [-0.4, -0.2) is 19.2 Å². The van der Waals surface area contributed by atoms with E-state index < -0.39 is 0 Å². The van der Waals surface area contributed by atoms with Gasteiger partial charge in [-0.3, -0.25) is 4.79 Å². The molecule has 1 amide bonds. The van der Waals surface area contributed by atoms with E-state index in [1.165, 1.54) is 6.21 Å². The number of nitrogens with zero attached hydrogens (tertiary/aromatic N) is 1. The molecule has 4 nitrogen and oxygen atoms in total. The first-order valence-electron chi connectivity index (χ1n) is 6.55. The van der Waals surface area contributed by atoms with Gasteiger partial charge >= 0.3 is 0 Å². The van der Waals surface area contributed by atoms with Crippen LogP contribution >= 0.6 is 43.5 Å². The third-order valence-electron chi connectivity index (χ3n) is 2.98. The van der Waals surface area contributed by atoms with Crippen molar-refractivity contribution in [2.75, 3.05) is 7.11 Å². The summed E-state index contributed by atoms with van der Waals surface area (Å²) in [5, 5.41) is 4.36. The number of hydrazone groups is 1. The zero-order valence-corrected chi connectivity index (χ0v) is 16.3. The number of nitrogens with one attached hydrogen (secondary N) is 1. The van der Waals surface area contributed by atoms with Crippen molar-refractivity contribution < 1.29 is 9.53 Å². The van der Waals surface area contributed by atoms with Gasteiger partial charge in [-0.1, -0.05) is 33.6 Å². The van der Waals surface area contributed by atoms with Gasteiger partial charge in [-0.05, 0) is 52.7 Å². The first kappa shape index (κ1) is 18.0. The molecule has 0 fully saturated rings. The van der Waals surface area contributed by atoms with Crippen LogP contribution in [0.25, 0.3) is 0 Å². The summed E-state index contributed by atoms with van der Waals surface area (Å²) in [6.45, 7) is 1.91. The van der Waals surface area contributed by atoms with Crippen molar-refractivity contribution in [1.82, 2.24) is 5.43 Å². The van der Waals surface area contributed by atoms with Gasteiger partial charge in [-0.2, -0.15) is 5.10 Å². The van der Waals surface area contributed by atoms with Gasteiger partial charge in [0.15, 0.2) is 0 Å². The minimum Gasteiger partial charge on any atom is -0.495 e. The lowest BCUT2D eigenvalue weighted by atomic mass is 10.1. The summed E-state index contributed by atoms with van der Waals surface area (Å²) in [6.07, 6.45) is 1.51. The van der Waals surface area contributed by atoms with E-state index in [-0.39, 0.29) is 5.91 Å². The molecule has 0 saturated carbocycles. The van der Waals surface area contributed by atoms with Gasteiger partial charge in [0, 0.05) is 10.0 Å². The molecule has 120 valence electrons. The summed E-state index contributed by atoms with van der Waals surface area (Å²) in [4.78, 5) is 12.1. The lowest BCUT2D eigenvalue weighted by Gasteiger charge is -2.08. The highest BCUT2D eigenvalue weighted by Crippen LogP contribution is 2.31. The molecule has 0 atom stereocenters. The molecule has 0 saturated heterocycles. The lowest BCUT2D eigenvalue weighted by molar-refractivity contribution is 0.0955. The predicted molar refractivity (Wildman–Crippen MR) is 99.6 cm³/mol. The van der Waals surface area contributed by atoms with E-state index in [0.717, 1.165) is 14.5 Å². The van der Waals surface area contributed by atoms with Crippen LogP contribution in [0.5, 0.6) is 5.75 Å². The Morgan fingerprint density at radius 1 is 1.30 bits per heavy atom. The molecular formula is C16H13Br2ClN2O2. The Morgan fingerprint density at radius 2 is 2.04 bits per heavy atom. The standard InChI is InChI=1S/C16H13Br2ClN2O2/c1-9-3-4-12(14(19)5-9)16(22)21-20-8-10-6-11(17)7-13(18)15(10)23-2/h3-8H,1-2H3,(H,21,22). The lowest BCUT2D eigenvalue weighted by Crippen LogP contribution is -2.18. The maximum absolute atomic E-state index is 12.1. The van der Waals surface area contributed by atoms with Crippen molar-refractivity contribution in [2.45, 2.75) is 6.92 Å². The quantitative estimate of drug-likeness (QED) is 0.519. The highest BCUT2D eigenvalue weighted by Gasteiger charge is 2.10. The highest BCUT2D eigenvalue weighted by molar-refractivity contribution is 9.11. The van der Waals surface area contributed by atoms with Gasteiger partial charge in [-0.15, -0.1) is 0 Å². The van der Waals surface area contributed by atoms with Crippen LogP contribution in [0.3, 0.4) is 0 Å². The molecular weight excluding hydrogens is 447 g/mol. The van der Waals surface area contributed by atoms with Gasteiger partial charge in [0.1, 0.15) is 5.75 Å². The Morgan fingerprint density at radius 3 is 2.70 bits per heavy atom. The molecule has 2 rings (SSSR count). The van der Waals surface area contributed by atoms with Crippen LogP contribution in [0, 0.1) is 6.92 Å². The van der Waals surface area contributed by atoms with E-state index in [1.807, 2.05) is 25.1 Å². The van der Waals surface area contributed by atoms with Gasteiger partial charge in [0.2, 0.25) is 0 Å². The SMILES string of the molecule is COc1c(Br)cc(Br)cc1C=NNC(=O)c1ccc(C)cc1Cl. The number of carbonyl (C=O) groups is 1. The molecule has 0 bridgehead atoms. The molecule has 0 unspecified atom stereocenters. The van der Waals surface area contributed by atoms with E-state index in [9.17, 15) is 4.79 Å². The predicted octanol–water partition coefficient (Wildman–Crippen LogP) is 4.95. The van der Waals surface area contributed by atoms with Crippen molar-refractivity contribution >= 4 is 55.6 Å². The second-order valence-electron chi connectivity index (χ2n) is 4.69. The monoisotopic (exact) mass is 458 g/mol. The van der Waals surface area contributed by atoms with Crippen LogP contribution in [0.2, 0.25) is 5.02 Å². The molecule has 2 aromatic rings. The van der Waals surface area contributed by atoms with Crippen molar-refractivity contribution in [3.05, 3.63) is 61.0 Å². The van der Waals surface area contributed by atoms with Crippen LogP contribution in [-0.2, 0) is 0 Å². The smallest absolute Gasteiger partial charge is 0.272 e. The van der Waals surface area contributed by atoms with Crippen molar-refractivity contribution in [3.63, 3.8) is 0 Å². The van der Waals surface area contributed by atoms with Gasteiger partial charge in [-0.25, -0.2) is 5.43 Å². The zero-order chi connectivity index (χ0) is 17.0. The van der Waals surface area contributed by atoms with Crippen LogP contribution in [0.1, 0.15) is 21.5 Å². The van der Waals surface area contributed by atoms with Crippen LogP contribution in [0.15, 0.2) is 44.4 Å². The van der Waals surface area contributed by atoms with E-state index in [4.69, 9.17) is 16.3 Å². The maximum atomic E-state index is 12.1. The highest BCUT2D eigenvalue weighted by atomic mass is 79.9. The minimum absolute atomic E-state index is 0.372. The number of rotatable bonds is 4. The molecule has 1 N–H and O–H groups in total. The fraction of sp³-hybridized carbons (Fsp3) is 0.125. The van der Waals surface area contributed by atoms with Crippen molar-refractivity contribution in [3.8, 4) is 5.75 Å². The molecule has 0 radical (unpaired) electrons. The second-order valence-corrected chi connectivity index (χ2v) is 6.87. The summed E-state index contributed by atoms with van der Waals surface area (Å²) in [5.74, 6) is 0.249. The summed E-state index contributed by atoms with van der Waals surface area (Å²) in [7, 11) is 1.57. The molecule has 2 aromatic carbocycles. The van der Waals surface area contributed by atoms with Crippen molar-refractivity contribution in [1.29, 1.82) is 0 Å². The molecule has 23 heavy (non-hydrogen) atoms. The summed E-state index contributed by atoms with van der Waals surface area (Å²) in [5.41, 5.74) is 4.53. The third-order valence-corrected chi connectivity index (χ3v) is 4.34. The van der Waals surface area contributed by atoms with Crippen molar-refractivity contribution in [2.24, 2.45) is 5.10 Å². The maximum Gasteiger partial charge on any atom is 0.272 e. The van der Waals surface area contributed by atoms with E-state index in [0.29, 0.717) is 21.9 Å². The number of hydrogen-bond acceptors (Lipinski definition) is 3. The fourth-order valence-electron chi connectivity index (χ4n) is 1.92. The largest absolute Gasteiger partial charge is 0.495 e. The van der Waals surface area contributed by atoms with Crippen LogP contribution < -0.4 is 10.2 Å². The molecule has 0 spiro atoms. The number of carbonyl (C=O) groups excluding carboxylic acids is 1. The summed E-state index contributed by atoms with van der Waals surface area (Å²) >= 11 is 12.9. The second kappa shape index (κ2) is 7.95. The molecule has 0 aliphatic carbocycles. The van der Waals surface area contributed by atoms with E-state index in [2.05, 4.69) is 42.4 Å². The number of halogens is 3. The number of benzene rings is 2. The number of aryl methyl sites for hydroxylation is 1. The van der Waals surface area contributed by atoms with Gasteiger partial charge in [0.05, 0.1) is 28.4 Å². The topological polar surface area (TPSA) is 50.7 Å². The first-order chi connectivity index (χ1) is 10.9. The fourth-order valence-corrected chi connectivity index (χ4v) is 3.66. The average Bonchev–Trinajstić information content (AvgIpc) is 2.46. The summed E-state index contributed by atoms with van der Waals surface area (Å²) in [6, 6.07) is 8.91. The van der Waals surface area contributed by atoms with E-state index in [1.54, 1.807) is 19.2 Å². The normalized spacial score (nSPS) is 10.8. The number of methoxy groups -OCH3 is 1. The number of ether oxygens (including phenoxy) is 1. The molecule has 0 aliphatic heterocycles.